The van der Waals surface area contributed by atoms with E-state index in [9.17, 15) is 10.2 Å². The molecule has 0 aromatic rings. The minimum absolute atomic E-state index is 0.170. The van der Waals surface area contributed by atoms with Crippen molar-refractivity contribution in [2.24, 2.45) is 0 Å². The van der Waals surface area contributed by atoms with Crippen molar-refractivity contribution in [3.63, 3.8) is 0 Å². The molecule has 2 fully saturated rings. The first-order valence-corrected chi connectivity index (χ1v) is 6.77. The van der Waals surface area contributed by atoms with Crippen LogP contribution in [0.1, 0.15) is 27.7 Å². The van der Waals surface area contributed by atoms with Crippen LogP contribution in [0.25, 0.3) is 0 Å². The Hall–Kier alpha value is -0.500. The van der Waals surface area contributed by atoms with Crippen LogP contribution in [0.3, 0.4) is 0 Å². The Kier molecular flexibility index (Phi) is 4.01. The van der Waals surface area contributed by atoms with Crippen LogP contribution < -0.4 is 0 Å². The molecule has 116 valence electrons. The molecule has 20 heavy (non-hydrogen) atoms. The fraction of sp³-hybridized carbons (Fsp3) is 0.857. The lowest BCUT2D eigenvalue weighted by molar-refractivity contribution is -0.204. The third-order valence-electron chi connectivity index (χ3n) is 3.71. The summed E-state index contributed by atoms with van der Waals surface area (Å²) in [5, 5.41) is 21.2. The van der Waals surface area contributed by atoms with E-state index in [1.54, 1.807) is 27.7 Å². The van der Waals surface area contributed by atoms with Gasteiger partial charge in [0, 0.05) is 0 Å². The van der Waals surface area contributed by atoms with E-state index in [1.165, 1.54) is 6.08 Å². The molecule has 2 N–H and O–H groups in total. The zero-order chi connectivity index (χ0) is 15.2. The zero-order valence-electron chi connectivity index (χ0n) is 12.5. The molecule has 0 amide bonds. The number of rotatable bonds is 4. The van der Waals surface area contributed by atoms with Crippen LogP contribution in [0.4, 0.5) is 0 Å². The topological polar surface area (TPSA) is 77.4 Å². The van der Waals surface area contributed by atoms with Crippen molar-refractivity contribution < 1.29 is 29.2 Å². The first kappa shape index (κ1) is 15.9. The van der Waals surface area contributed by atoms with Crippen LogP contribution in [-0.2, 0) is 18.9 Å². The summed E-state index contributed by atoms with van der Waals surface area (Å²) in [7, 11) is 0. The van der Waals surface area contributed by atoms with Crippen LogP contribution in [0.5, 0.6) is 0 Å². The van der Waals surface area contributed by atoms with Crippen LogP contribution in [0, 0.1) is 0 Å². The summed E-state index contributed by atoms with van der Waals surface area (Å²) in [6, 6.07) is 0. The predicted molar refractivity (Wildman–Crippen MR) is 71.0 cm³/mol. The van der Waals surface area contributed by atoms with Crippen LogP contribution in [-0.4, -0.2) is 58.9 Å². The van der Waals surface area contributed by atoms with Gasteiger partial charge in [0.05, 0.1) is 13.2 Å². The second kappa shape index (κ2) is 5.05. The molecule has 6 heteroatoms. The smallest absolute Gasteiger partial charge is 0.163 e. The Morgan fingerprint density at radius 1 is 1.15 bits per heavy atom. The highest BCUT2D eigenvalue weighted by Gasteiger charge is 2.53. The summed E-state index contributed by atoms with van der Waals surface area (Å²) in [5.74, 6) is -1.58. The van der Waals surface area contributed by atoms with E-state index >= 15 is 0 Å². The van der Waals surface area contributed by atoms with Gasteiger partial charge in [-0.25, -0.2) is 0 Å². The summed E-state index contributed by atoms with van der Waals surface area (Å²) in [5.41, 5.74) is -1.66. The molecule has 0 aliphatic carbocycles. The minimum Gasteiger partial charge on any atom is -0.387 e. The first-order chi connectivity index (χ1) is 9.10. The van der Waals surface area contributed by atoms with E-state index in [0.29, 0.717) is 0 Å². The van der Waals surface area contributed by atoms with Crippen molar-refractivity contribution in [1.29, 1.82) is 0 Å². The van der Waals surface area contributed by atoms with Gasteiger partial charge in [0.15, 0.2) is 11.6 Å². The fourth-order valence-electron chi connectivity index (χ4n) is 2.53. The molecule has 0 unspecified atom stereocenters. The lowest BCUT2D eigenvalue weighted by atomic mass is 9.87. The van der Waals surface area contributed by atoms with Gasteiger partial charge in [0.2, 0.25) is 0 Å². The number of aliphatic hydroxyl groups excluding tert-OH is 1. The Morgan fingerprint density at radius 2 is 1.70 bits per heavy atom. The van der Waals surface area contributed by atoms with Crippen LogP contribution >= 0.6 is 0 Å². The monoisotopic (exact) mass is 288 g/mol. The molecular formula is C14H24O6. The van der Waals surface area contributed by atoms with E-state index in [2.05, 4.69) is 6.58 Å². The molecule has 2 aliphatic rings. The quantitative estimate of drug-likeness (QED) is 0.736. The molecule has 0 saturated carbocycles. The Morgan fingerprint density at radius 3 is 2.10 bits per heavy atom. The van der Waals surface area contributed by atoms with E-state index < -0.39 is 35.5 Å². The first-order valence-electron chi connectivity index (χ1n) is 6.77. The Balaban J connectivity index is 2.12. The maximum Gasteiger partial charge on any atom is 0.163 e. The van der Waals surface area contributed by atoms with Crippen LogP contribution in [0.15, 0.2) is 12.7 Å². The van der Waals surface area contributed by atoms with Crippen molar-refractivity contribution in [2.75, 3.05) is 13.2 Å². The van der Waals surface area contributed by atoms with Crippen molar-refractivity contribution >= 4 is 0 Å². The van der Waals surface area contributed by atoms with Gasteiger partial charge < -0.3 is 29.2 Å². The normalized spacial score (nSPS) is 36.5. The van der Waals surface area contributed by atoms with E-state index in [4.69, 9.17) is 18.9 Å². The molecule has 0 spiro atoms. The second-order valence-corrected chi connectivity index (χ2v) is 6.22. The molecule has 0 aromatic heterocycles. The lowest BCUT2D eigenvalue weighted by Crippen LogP contribution is -2.57. The average Bonchev–Trinajstić information content (AvgIpc) is 2.90. The van der Waals surface area contributed by atoms with E-state index in [0.717, 1.165) is 0 Å². The number of aliphatic hydroxyl groups is 2. The van der Waals surface area contributed by atoms with Crippen molar-refractivity contribution in [1.82, 2.24) is 0 Å². The number of ether oxygens (including phenoxy) is 4. The third-order valence-corrected chi connectivity index (χ3v) is 3.71. The van der Waals surface area contributed by atoms with E-state index in [-0.39, 0.29) is 13.2 Å². The maximum atomic E-state index is 10.7. The average molecular weight is 288 g/mol. The molecular weight excluding hydrogens is 264 g/mol. The molecule has 6 nitrogen and oxygen atoms in total. The largest absolute Gasteiger partial charge is 0.387 e. The van der Waals surface area contributed by atoms with Crippen molar-refractivity contribution in [3.8, 4) is 0 Å². The lowest BCUT2D eigenvalue weighted by Gasteiger charge is -2.37. The molecule has 2 aliphatic heterocycles. The van der Waals surface area contributed by atoms with Crippen molar-refractivity contribution in [3.05, 3.63) is 12.7 Å². The van der Waals surface area contributed by atoms with Crippen molar-refractivity contribution in [2.45, 2.75) is 63.2 Å². The highest BCUT2D eigenvalue weighted by Crippen LogP contribution is 2.35. The Bertz CT molecular complexity index is 380. The minimum atomic E-state index is -1.66. The molecule has 0 radical (unpaired) electrons. The maximum absolute atomic E-state index is 10.7. The molecule has 2 rings (SSSR count). The van der Waals surface area contributed by atoms with Gasteiger partial charge in [-0.1, -0.05) is 6.08 Å². The number of hydrogen-bond donors (Lipinski definition) is 2. The zero-order valence-corrected chi connectivity index (χ0v) is 12.5. The summed E-state index contributed by atoms with van der Waals surface area (Å²) in [6.07, 6.45) is -1.30. The molecule has 0 aromatic carbocycles. The van der Waals surface area contributed by atoms with Gasteiger partial charge >= 0.3 is 0 Å². The molecule has 4 atom stereocenters. The van der Waals surface area contributed by atoms with Crippen LogP contribution in [0.2, 0.25) is 0 Å². The third kappa shape index (κ3) is 2.90. The molecule has 0 bridgehead atoms. The summed E-state index contributed by atoms with van der Waals surface area (Å²) in [6.45, 7) is 11.0. The second-order valence-electron chi connectivity index (χ2n) is 6.22. The Labute approximate surface area is 119 Å². The van der Waals surface area contributed by atoms with E-state index in [1.807, 2.05) is 0 Å². The predicted octanol–water partition coefficient (Wildman–Crippen LogP) is 0.567. The van der Waals surface area contributed by atoms with Gasteiger partial charge in [-0.3, -0.25) is 0 Å². The van der Waals surface area contributed by atoms with Gasteiger partial charge in [-0.2, -0.15) is 0 Å². The summed E-state index contributed by atoms with van der Waals surface area (Å²) < 4.78 is 22.1. The van der Waals surface area contributed by atoms with Gasteiger partial charge in [0.25, 0.3) is 0 Å². The highest BCUT2D eigenvalue weighted by atomic mass is 16.8. The summed E-state index contributed by atoms with van der Waals surface area (Å²) in [4.78, 5) is 0. The summed E-state index contributed by atoms with van der Waals surface area (Å²) >= 11 is 0. The van der Waals surface area contributed by atoms with Gasteiger partial charge in [-0.05, 0) is 27.7 Å². The van der Waals surface area contributed by atoms with Gasteiger partial charge in [0.1, 0.15) is 23.9 Å². The standard InChI is InChI=1S/C14H24O6/c1-6-14(16,10-8-18-13(4,5)20-10)11(15)9-7-17-12(2,3)19-9/h6,9-11,15-16H,1,7-8H2,2-5H3/t9-,10-,11+,14-/m1/s1. The SMILES string of the molecule is C=C[C@@](O)([C@H]1COC(C)(C)O1)[C@@H](O)[C@H]1COC(C)(C)O1. The molecule has 2 heterocycles. The number of hydrogen-bond acceptors (Lipinski definition) is 6. The highest BCUT2D eigenvalue weighted by molar-refractivity contribution is 5.10. The van der Waals surface area contributed by atoms with Gasteiger partial charge in [-0.15, -0.1) is 6.58 Å². The molecule has 2 saturated heterocycles. The fourth-order valence-corrected chi connectivity index (χ4v) is 2.53.